The molecule has 13 nitrogen and oxygen atoms in total. The summed E-state index contributed by atoms with van der Waals surface area (Å²) < 4.78 is 16.0. The number of carbonyl (C=O) groups excluding carboxylic acids is 2. The van der Waals surface area contributed by atoms with Crippen LogP contribution in [0, 0.1) is 5.92 Å². The van der Waals surface area contributed by atoms with Crippen LogP contribution in [-0.2, 0) is 19.7 Å². The summed E-state index contributed by atoms with van der Waals surface area (Å²) in [4.78, 5) is 71.7. The third kappa shape index (κ3) is 5.48. The van der Waals surface area contributed by atoms with Gasteiger partial charge in [-0.05, 0) is 66.6 Å². The molecule has 4 aromatic carbocycles. The molecule has 232 valence electrons. The van der Waals surface area contributed by atoms with E-state index in [0.717, 1.165) is 12.1 Å². The highest BCUT2D eigenvalue weighted by Crippen LogP contribution is 2.45. The van der Waals surface area contributed by atoms with E-state index in [1.165, 1.54) is 48.5 Å². The summed E-state index contributed by atoms with van der Waals surface area (Å²) >= 11 is 0. The minimum atomic E-state index is -1.50. The van der Waals surface area contributed by atoms with Gasteiger partial charge in [-0.15, -0.1) is 0 Å². The molecule has 1 aliphatic rings. The Bertz CT molecular complexity index is 1790. The number of carboxylic acid groups (broad SMARTS) is 4. The van der Waals surface area contributed by atoms with Crippen LogP contribution >= 0.6 is 0 Å². The Balaban J connectivity index is 1.48. The zero-order valence-electron chi connectivity index (χ0n) is 23.6. The Morgan fingerprint density at radius 1 is 0.587 bits per heavy atom. The Kier molecular flexibility index (Phi) is 7.99. The molecule has 46 heavy (non-hydrogen) atoms. The number of esters is 2. The molecule has 1 fully saturated rings. The van der Waals surface area contributed by atoms with Crippen LogP contribution in [-0.4, -0.2) is 56.2 Å². The quantitative estimate of drug-likeness (QED) is 0.127. The Labute approximate surface area is 258 Å². The van der Waals surface area contributed by atoms with Gasteiger partial charge in [0.15, 0.2) is 5.92 Å². The molecule has 1 aliphatic heterocycles. The molecule has 0 bridgehead atoms. The molecule has 1 saturated heterocycles. The lowest BCUT2D eigenvalue weighted by molar-refractivity contribution is -0.187. The number of aromatic carboxylic acids is 4. The van der Waals surface area contributed by atoms with Gasteiger partial charge >= 0.3 is 35.8 Å². The van der Waals surface area contributed by atoms with Crippen molar-refractivity contribution in [3.63, 3.8) is 0 Å². The molecule has 5 rings (SSSR count). The number of hydrogen-bond acceptors (Lipinski definition) is 9. The van der Waals surface area contributed by atoms with Gasteiger partial charge in [-0.1, -0.05) is 36.4 Å². The third-order valence-electron chi connectivity index (χ3n) is 7.55. The van der Waals surface area contributed by atoms with E-state index in [2.05, 4.69) is 4.74 Å². The number of rotatable bonds is 11. The van der Waals surface area contributed by atoms with E-state index in [4.69, 9.17) is 9.47 Å². The molecule has 0 radical (unpaired) electrons. The highest BCUT2D eigenvalue weighted by atomic mass is 16.6. The maximum absolute atomic E-state index is 12.5. The molecule has 0 spiro atoms. The molecule has 1 heterocycles. The van der Waals surface area contributed by atoms with E-state index in [9.17, 15) is 49.2 Å². The molecule has 0 aromatic heterocycles. The lowest BCUT2D eigenvalue weighted by atomic mass is 9.65. The van der Waals surface area contributed by atoms with Crippen molar-refractivity contribution in [2.24, 2.45) is 5.92 Å². The number of benzene rings is 4. The zero-order valence-corrected chi connectivity index (χ0v) is 23.6. The van der Waals surface area contributed by atoms with Crippen LogP contribution in [0.1, 0.15) is 59.5 Å². The average Bonchev–Trinajstić information content (AvgIpc) is 3.01. The van der Waals surface area contributed by atoms with Crippen molar-refractivity contribution in [2.45, 2.75) is 12.3 Å². The predicted molar refractivity (Wildman–Crippen MR) is 155 cm³/mol. The van der Waals surface area contributed by atoms with Crippen LogP contribution in [0.5, 0.6) is 23.0 Å². The van der Waals surface area contributed by atoms with Crippen molar-refractivity contribution in [1.82, 2.24) is 0 Å². The summed E-state index contributed by atoms with van der Waals surface area (Å²) in [5.74, 6) is -8.80. The van der Waals surface area contributed by atoms with E-state index < -0.39 is 69.4 Å². The fourth-order valence-electron chi connectivity index (χ4n) is 5.25. The number of cyclic esters (lactones) is 2. The number of carboxylic acids is 4. The van der Waals surface area contributed by atoms with Gasteiger partial charge in [-0.25, -0.2) is 19.2 Å². The van der Waals surface area contributed by atoms with Crippen LogP contribution in [0.4, 0.5) is 0 Å². The summed E-state index contributed by atoms with van der Waals surface area (Å²) in [6.07, 6.45) is 0. The molecule has 0 unspecified atom stereocenters. The van der Waals surface area contributed by atoms with Gasteiger partial charge < -0.3 is 34.6 Å². The first-order valence-electron chi connectivity index (χ1n) is 13.3. The van der Waals surface area contributed by atoms with Gasteiger partial charge in [-0.2, -0.15) is 0 Å². The average molecular weight is 627 g/mol. The Hall–Kier alpha value is -6.50. The predicted octanol–water partition coefficient (Wildman–Crippen LogP) is 5.07. The fraction of sp³-hybridized carbons (Fsp3) is 0.0909. The molecule has 0 atom stereocenters. The molecule has 4 aromatic rings. The van der Waals surface area contributed by atoms with Crippen LogP contribution in [0.25, 0.3) is 0 Å². The standard InChI is InChI=1S/C33H22O13/c1-33(26-31(42)46-32(26)43,16-8-12-18(13-9-16)44-22-6-2-4-20(27(34)35)24(22)29(38)39)17-10-14-19(15-11-17)45-23-7-3-5-21(28(36)37)25(23)30(40)41/h2-15,26H,1H3,(H,34,35)(H,36,37)(H,38,39)(H,40,41). The summed E-state index contributed by atoms with van der Waals surface area (Å²) in [6.45, 7) is 1.64. The molecule has 0 amide bonds. The van der Waals surface area contributed by atoms with Gasteiger partial charge in [0, 0.05) is 5.41 Å². The van der Waals surface area contributed by atoms with Crippen molar-refractivity contribution < 1.29 is 63.4 Å². The monoisotopic (exact) mass is 626 g/mol. The summed E-state index contributed by atoms with van der Waals surface area (Å²) in [7, 11) is 0. The summed E-state index contributed by atoms with van der Waals surface area (Å²) in [6, 6.07) is 19.6. The first kappa shape index (κ1) is 30.9. The summed E-state index contributed by atoms with van der Waals surface area (Å²) in [5, 5.41) is 37.9. The van der Waals surface area contributed by atoms with E-state index in [1.807, 2.05) is 0 Å². The number of hydrogen-bond donors (Lipinski definition) is 4. The van der Waals surface area contributed by atoms with E-state index in [0.29, 0.717) is 11.1 Å². The van der Waals surface area contributed by atoms with Crippen LogP contribution in [0.15, 0.2) is 84.9 Å². The molecule has 0 aliphatic carbocycles. The van der Waals surface area contributed by atoms with Crippen LogP contribution in [0.3, 0.4) is 0 Å². The van der Waals surface area contributed by atoms with Gasteiger partial charge in [0.2, 0.25) is 0 Å². The second-order valence-electron chi connectivity index (χ2n) is 10.2. The first-order chi connectivity index (χ1) is 21.8. The largest absolute Gasteiger partial charge is 0.478 e. The Morgan fingerprint density at radius 3 is 1.26 bits per heavy atom. The molecule has 0 saturated carbocycles. The second-order valence-corrected chi connectivity index (χ2v) is 10.2. The third-order valence-corrected chi connectivity index (χ3v) is 7.55. The minimum Gasteiger partial charge on any atom is -0.478 e. The smallest absolute Gasteiger partial charge is 0.340 e. The van der Waals surface area contributed by atoms with Gasteiger partial charge in [0.1, 0.15) is 34.1 Å². The van der Waals surface area contributed by atoms with Crippen molar-refractivity contribution in [2.75, 3.05) is 0 Å². The van der Waals surface area contributed by atoms with E-state index in [-0.39, 0.29) is 23.0 Å². The van der Waals surface area contributed by atoms with Crippen molar-refractivity contribution in [1.29, 1.82) is 0 Å². The van der Waals surface area contributed by atoms with Crippen molar-refractivity contribution in [3.8, 4) is 23.0 Å². The van der Waals surface area contributed by atoms with Gasteiger partial charge in [0.25, 0.3) is 0 Å². The normalized spacial score (nSPS) is 12.9. The SMILES string of the molecule is CC(c1ccc(Oc2cccc(C(=O)O)c2C(=O)O)cc1)(c1ccc(Oc2cccc(C(=O)O)c2C(=O)O)cc1)C1C(=O)OC1=O. The van der Waals surface area contributed by atoms with Crippen LogP contribution < -0.4 is 9.47 Å². The fourth-order valence-corrected chi connectivity index (χ4v) is 5.25. The first-order valence-corrected chi connectivity index (χ1v) is 13.3. The van der Waals surface area contributed by atoms with E-state index in [1.54, 1.807) is 31.2 Å². The van der Waals surface area contributed by atoms with E-state index >= 15 is 0 Å². The second kappa shape index (κ2) is 11.9. The van der Waals surface area contributed by atoms with Crippen LogP contribution in [0.2, 0.25) is 0 Å². The van der Waals surface area contributed by atoms with Crippen molar-refractivity contribution in [3.05, 3.63) is 118 Å². The molecule has 4 N–H and O–H groups in total. The number of carbonyl (C=O) groups is 6. The topological polar surface area (TPSA) is 211 Å². The highest BCUT2D eigenvalue weighted by Gasteiger charge is 2.55. The zero-order chi connectivity index (χ0) is 33.3. The molecular formula is C33H22O13. The maximum atomic E-state index is 12.5. The molecule has 13 heteroatoms. The Morgan fingerprint density at radius 2 is 0.957 bits per heavy atom. The highest BCUT2D eigenvalue weighted by molar-refractivity contribution is 6.11. The lowest BCUT2D eigenvalue weighted by Crippen LogP contribution is -2.53. The maximum Gasteiger partial charge on any atom is 0.340 e. The molecular weight excluding hydrogens is 604 g/mol. The lowest BCUT2D eigenvalue weighted by Gasteiger charge is -2.39. The van der Waals surface area contributed by atoms with Crippen molar-refractivity contribution >= 4 is 35.8 Å². The van der Waals surface area contributed by atoms with Gasteiger partial charge in [0.05, 0.1) is 11.1 Å². The minimum absolute atomic E-state index is 0.139. The number of ether oxygens (including phenoxy) is 3. The summed E-state index contributed by atoms with van der Waals surface area (Å²) in [5.41, 5.74) is -2.38. The van der Waals surface area contributed by atoms with Gasteiger partial charge in [-0.3, -0.25) is 9.59 Å².